The van der Waals surface area contributed by atoms with Gasteiger partial charge in [-0.2, -0.15) is 0 Å². The van der Waals surface area contributed by atoms with E-state index in [-0.39, 0.29) is 11.5 Å². The minimum atomic E-state index is -0.669. The molecule has 0 spiro atoms. The molecule has 0 aliphatic heterocycles. The summed E-state index contributed by atoms with van der Waals surface area (Å²) in [6.45, 7) is 8.26. The summed E-state index contributed by atoms with van der Waals surface area (Å²) in [7, 11) is 2.03. The van der Waals surface area contributed by atoms with Gasteiger partial charge in [0.2, 0.25) is 0 Å². The molecule has 0 aromatic carbocycles. The normalized spacial score (nSPS) is 29.2. The summed E-state index contributed by atoms with van der Waals surface area (Å²) >= 11 is 0. The van der Waals surface area contributed by atoms with Crippen molar-refractivity contribution >= 4 is 0 Å². The molecule has 1 heterocycles. The summed E-state index contributed by atoms with van der Waals surface area (Å²) < 4.78 is 7.76. The summed E-state index contributed by atoms with van der Waals surface area (Å²) in [5, 5.41) is 14.0. The third-order valence-corrected chi connectivity index (χ3v) is 4.67. The molecule has 108 valence electrons. The fraction of sp³-hybridized carbons (Fsp3) is 0.733. The molecular weight excluding hydrogens is 240 g/mol. The van der Waals surface area contributed by atoms with Crippen LogP contribution in [0, 0.1) is 5.41 Å². The summed E-state index contributed by atoms with van der Waals surface area (Å²) in [5.41, 5.74) is 0.365. The van der Waals surface area contributed by atoms with Crippen LogP contribution in [-0.2, 0) is 18.3 Å². The van der Waals surface area contributed by atoms with E-state index < -0.39 is 5.60 Å². The zero-order chi connectivity index (χ0) is 14.1. The molecule has 1 aliphatic carbocycles. The van der Waals surface area contributed by atoms with Crippen molar-refractivity contribution in [3.63, 3.8) is 0 Å². The second-order valence-electron chi connectivity index (χ2n) is 6.12. The number of aryl methyl sites for hydroxylation is 1. The van der Waals surface area contributed by atoms with Gasteiger partial charge >= 0.3 is 0 Å². The number of hydrogen-bond acceptors (Lipinski definition) is 3. The molecule has 1 fully saturated rings. The van der Waals surface area contributed by atoms with Crippen LogP contribution in [0.4, 0.5) is 0 Å². The molecule has 2 N–H and O–H groups in total. The summed E-state index contributed by atoms with van der Waals surface area (Å²) in [4.78, 5) is 0. The Kier molecular flexibility index (Phi) is 4.04. The number of aliphatic hydroxyl groups is 1. The van der Waals surface area contributed by atoms with Gasteiger partial charge in [-0.25, -0.2) is 0 Å². The molecule has 1 saturated carbocycles. The maximum absolute atomic E-state index is 10.7. The number of hydrogen-bond donors (Lipinski definition) is 2. The minimum Gasteiger partial charge on any atom is -0.388 e. The van der Waals surface area contributed by atoms with Gasteiger partial charge in [0.15, 0.2) is 0 Å². The van der Waals surface area contributed by atoms with Crippen molar-refractivity contribution in [3.8, 4) is 0 Å². The molecule has 2 atom stereocenters. The van der Waals surface area contributed by atoms with Gasteiger partial charge in [-0.1, -0.05) is 13.8 Å². The van der Waals surface area contributed by atoms with Crippen LogP contribution in [0.1, 0.15) is 32.9 Å². The quantitative estimate of drug-likeness (QED) is 0.823. The first-order valence-corrected chi connectivity index (χ1v) is 7.05. The monoisotopic (exact) mass is 266 g/mol. The van der Waals surface area contributed by atoms with Gasteiger partial charge in [0.05, 0.1) is 11.7 Å². The fourth-order valence-corrected chi connectivity index (χ4v) is 2.84. The van der Waals surface area contributed by atoms with Crippen LogP contribution in [0.15, 0.2) is 18.3 Å². The smallest absolute Gasteiger partial charge is 0.0871 e. The number of ether oxygens (including phenoxy) is 1. The van der Waals surface area contributed by atoms with Crippen LogP contribution in [-0.4, -0.2) is 34.5 Å². The highest BCUT2D eigenvalue weighted by molar-refractivity contribution is 5.12. The second-order valence-corrected chi connectivity index (χ2v) is 6.12. The topological polar surface area (TPSA) is 46.4 Å². The Morgan fingerprint density at radius 1 is 1.53 bits per heavy atom. The molecule has 0 bridgehead atoms. The van der Waals surface area contributed by atoms with E-state index in [1.165, 1.54) is 5.69 Å². The van der Waals surface area contributed by atoms with E-state index in [9.17, 15) is 5.11 Å². The lowest BCUT2D eigenvalue weighted by atomic mass is 9.56. The van der Waals surface area contributed by atoms with Crippen molar-refractivity contribution in [2.45, 2.75) is 45.4 Å². The Balaban J connectivity index is 1.85. The maximum atomic E-state index is 10.7. The Morgan fingerprint density at radius 2 is 2.26 bits per heavy atom. The first-order chi connectivity index (χ1) is 8.90. The molecule has 2 rings (SSSR count). The zero-order valence-corrected chi connectivity index (χ0v) is 12.4. The molecule has 0 unspecified atom stereocenters. The highest BCUT2D eigenvalue weighted by atomic mass is 16.5. The summed E-state index contributed by atoms with van der Waals surface area (Å²) in [6.07, 6.45) is 2.91. The van der Waals surface area contributed by atoms with Gasteiger partial charge in [-0.15, -0.1) is 0 Å². The van der Waals surface area contributed by atoms with Gasteiger partial charge in [0.25, 0.3) is 0 Å². The number of rotatable bonds is 6. The standard InChI is InChI=1S/C15H26N2O2/c1-5-19-13-9-15(18,14(13,2)3)11-16-10-12-7-6-8-17(12)4/h6-8,13,16,18H,5,9-11H2,1-4H3/t13-,15+/m0/s1. The van der Waals surface area contributed by atoms with Crippen molar-refractivity contribution in [1.29, 1.82) is 0 Å². The third-order valence-electron chi connectivity index (χ3n) is 4.67. The Labute approximate surface area is 115 Å². The van der Waals surface area contributed by atoms with Crippen LogP contribution in [0.3, 0.4) is 0 Å². The van der Waals surface area contributed by atoms with Gasteiger partial charge in [-0.3, -0.25) is 0 Å². The zero-order valence-electron chi connectivity index (χ0n) is 12.4. The molecule has 1 aromatic heterocycles. The average Bonchev–Trinajstić information content (AvgIpc) is 2.75. The fourth-order valence-electron chi connectivity index (χ4n) is 2.84. The van der Waals surface area contributed by atoms with Gasteiger partial charge in [0, 0.05) is 50.5 Å². The van der Waals surface area contributed by atoms with Crippen LogP contribution in [0.2, 0.25) is 0 Å². The molecule has 0 saturated heterocycles. The van der Waals surface area contributed by atoms with Crippen LogP contribution >= 0.6 is 0 Å². The maximum Gasteiger partial charge on any atom is 0.0871 e. The summed E-state index contributed by atoms with van der Waals surface area (Å²) in [5.74, 6) is 0. The van der Waals surface area contributed by atoms with Crippen LogP contribution < -0.4 is 5.32 Å². The van der Waals surface area contributed by atoms with E-state index in [0.29, 0.717) is 19.6 Å². The molecule has 19 heavy (non-hydrogen) atoms. The van der Waals surface area contributed by atoms with Crippen molar-refractivity contribution in [1.82, 2.24) is 9.88 Å². The van der Waals surface area contributed by atoms with Crippen molar-refractivity contribution in [2.75, 3.05) is 13.2 Å². The Bertz CT molecular complexity index is 428. The minimum absolute atomic E-state index is 0.166. The van der Waals surface area contributed by atoms with E-state index in [1.807, 2.05) is 26.2 Å². The molecule has 4 nitrogen and oxygen atoms in total. The number of aromatic nitrogens is 1. The van der Waals surface area contributed by atoms with Crippen molar-refractivity contribution in [2.24, 2.45) is 12.5 Å². The van der Waals surface area contributed by atoms with E-state index in [4.69, 9.17) is 4.74 Å². The molecular formula is C15H26N2O2. The lowest BCUT2D eigenvalue weighted by molar-refractivity contribution is -0.238. The lowest BCUT2D eigenvalue weighted by Gasteiger charge is -2.58. The largest absolute Gasteiger partial charge is 0.388 e. The van der Waals surface area contributed by atoms with Gasteiger partial charge in [-0.05, 0) is 19.1 Å². The van der Waals surface area contributed by atoms with E-state index in [0.717, 1.165) is 6.54 Å². The Morgan fingerprint density at radius 3 is 2.79 bits per heavy atom. The van der Waals surface area contributed by atoms with Crippen molar-refractivity contribution < 1.29 is 9.84 Å². The first-order valence-electron chi connectivity index (χ1n) is 7.05. The molecule has 1 aromatic rings. The van der Waals surface area contributed by atoms with Gasteiger partial charge < -0.3 is 19.7 Å². The van der Waals surface area contributed by atoms with E-state index >= 15 is 0 Å². The third kappa shape index (κ3) is 2.57. The number of nitrogens with zero attached hydrogens (tertiary/aromatic N) is 1. The first kappa shape index (κ1) is 14.6. The molecule has 1 aliphatic rings. The SMILES string of the molecule is CCO[C@H]1C[C@@](O)(CNCc2cccn2C)C1(C)C. The average molecular weight is 266 g/mol. The predicted molar refractivity (Wildman–Crippen MR) is 75.9 cm³/mol. The highest BCUT2D eigenvalue weighted by Crippen LogP contribution is 2.50. The van der Waals surface area contributed by atoms with Crippen LogP contribution in [0.5, 0.6) is 0 Å². The van der Waals surface area contributed by atoms with E-state index in [2.05, 4.69) is 29.8 Å². The molecule has 0 radical (unpaired) electrons. The van der Waals surface area contributed by atoms with Crippen LogP contribution in [0.25, 0.3) is 0 Å². The number of nitrogens with one attached hydrogen (secondary N) is 1. The predicted octanol–water partition coefficient (Wildman–Crippen LogP) is 1.68. The van der Waals surface area contributed by atoms with Gasteiger partial charge in [0.1, 0.15) is 0 Å². The lowest BCUT2D eigenvalue weighted by Crippen LogP contribution is -2.68. The van der Waals surface area contributed by atoms with E-state index in [1.54, 1.807) is 0 Å². The summed E-state index contributed by atoms with van der Waals surface area (Å²) in [6, 6.07) is 4.12. The highest BCUT2D eigenvalue weighted by Gasteiger charge is 2.59. The Hall–Kier alpha value is -0.840. The second kappa shape index (κ2) is 5.27. The molecule has 0 amide bonds. The van der Waals surface area contributed by atoms with Crippen molar-refractivity contribution in [3.05, 3.63) is 24.0 Å². The molecule has 4 heteroatoms.